The first kappa shape index (κ1) is 20.8. The van der Waals surface area contributed by atoms with E-state index in [-0.39, 0.29) is 13.2 Å². The number of hydrogen-bond acceptors (Lipinski definition) is 6. The number of hydrogen-bond donors (Lipinski definition) is 1. The largest absolute Gasteiger partial charge is 0.490 e. The zero-order valence-corrected chi connectivity index (χ0v) is 15.9. The second kappa shape index (κ2) is 10.6. The summed E-state index contributed by atoms with van der Waals surface area (Å²) in [5, 5.41) is 11.5. The number of nitriles is 1. The highest BCUT2D eigenvalue weighted by Crippen LogP contribution is 2.28. The summed E-state index contributed by atoms with van der Waals surface area (Å²) in [5.41, 5.74) is 1.39. The van der Waals surface area contributed by atoms with Crippen LogP contribution in [-0.4, -0.2) is 31.6 Å². The lowest BCUT2D eigenvalue weighted by molar-refractivity contribution is -0.143. The van der Waals surface area contributed by atoms with Crippen LogP contribution in [-0.2, 0) is 16.1 Å². The fourth-order valence-electron chi connectivity index (χ4n) is 2.41. The molecule has 1 amide bonds. The van der Waals surface area contributed by atoms with Gasteiger partial charge in [0.15, 0.2) is 11.5 Å². The van der Waals surface area contributed by atoms with Crippen LogP contribution in [0.1, 0.15) is 35.3 Å². The van der Waals surface area contributed by atoms with Crippen molar-refractivity contribution in [2.24, 2.45) is 0 Å². The van der Waals surface area contributed by atoms with Gasteiger partial charge < -0.3 is 19.5 Å². The van der Waals surface area contributed by atoms with Gasteiger partial charge in [-0.2, -0.15) is 5.26 Å². The number of carbonyl (C=O) groups is 2. The first-order chi connectivity index (χ1) is 13.6. The minimum Gasteiger partial charge on any atom is -0.490 e. The molecule has 0 saturated carbocycles. The van der Waals surface area contributed by atoms with Crippen LogP contribution in [0.4, 0.5) is 0 Å². The van der Waals surface area contributed by atoms with Gasteiger partial charge in [-0.3, -0.25) is 9.59 Å². The highest BCUT2D eigenvalue weighted by atomic mass is 16.5. The zero-order valence-electron chi connectivity index (χ0n) is 15.9. The van der Waals surface area contributed by atoms with Crippen molar-refractivity contribution in [3.63, 3.8) is 0 Å². The summed E-state index contributed by atoms with van der Waals surface area (Å²) >= 11 is 0. The number of carbonyl (C=O) groups excluding carboxylic acids is 2. The number of rotatable bonds is 9. The van der Waals surface area contributed by atoms with Crippen molar-refractivity contribution >= 4 is 11.9 Å². The molecule has 0 aliphatic heterocycles. The van der Waals surface area contributed by atoms with Crippen molar-refractivity contribution in [1.82, 2.24) is 5.32 Å². The number of nitrogens with zero attached hydrogens (tertiary/aromatic N) is 1. The van der Waals surface area contributed by atoms with Crippen molar-refractivity contribution in [3.05, 3.63) is 59.2 Å². The highest BCUT2D eigenvalue weighted by Gasteiger charge is 2.13. The third kappa shape index (κ3) is 5.74. The number of nitrogens with one attached hydrogen (secondary N) is 1. The fraction of sp³-hybridized carbons (Fsp3) is 0.286. The molecule has 0 heterocycles. The van der Waals surface area contributed by atoms with E-state index in [4.69, 9.17) is 19.5 Å². The maximum absolute atomic E-state index is 12.3. The quantitative estimate of drug-likeness (QED) is 0.670. The van der Waals surface area contributed by atoms with E-state index in [1.807, 2.05) is 19.9 Å². The Morgan fingerprint density at radius 2 is 1.75 bits per heavy atom. The van der Waals surface area contributed by atoms with E-state index in [2.05, 4.69) is 5.32 Å². The number of amides is 1. The van der Waals surface area contributed by atoms with Crippen molar-refractivity contribution in [2.75, 3.05) is 19.8 Å². The molecule has 2 aromatic rings. The van der Waals surface area contributed by atoms with Crippen LogP contribution in [0.3, 0.4) is 0 Å². The van der Waals surface area contributed by atoms with Gasteiger partial charge in [-0.1, -0.05) is 18.2 Å². The van der Waals surface area contributed by atoms with Crippen LogP contribution in [0.15, 0.2) is 42.5 Å². The molecule has 0 radical (unpaired) electrons. The minimum absolute atomic E-state index is 0.0318. The van der Waals surface area contributed by atoms with E-state index < -0.39 is 11.9 Å². The van der Waals surface area contributed by atoms with Crippen molar-refractivity contribution in [1.29, 1.82) is 5.26 Å². The summed E-state index contributed by atoms with van der Waals surface area (Å²) < 4.78 is 16.1. The van der Waals surface area contributed by atoms with E-state index in [1.165, 1.54) is 0 Å². The lowest BCUT2D eigenvalue weighted by Gasteiger charge is -2.12. The molecule has 7 nitrogen and oxygen atoms in total. The third-order valence-corrected chi connectivity index (χ3v) is 3.73. The average Bonchev–Trinajstić information content (AvgIpc) is 2.72. The summed E-state index contributed by atoms with van der Waals surface area (Å²) in [7, 11) is 0. The lowest BCUT2D eigenvalue weighted by Crippen LogP contribution is -2.30. The first-order valence-corrected chi connectivity index (χ1v) is 8.90. The standard InChI is InChI=1S/C21H22N2O5/c1-3-26-18-10-9-15(11-19(18)27-4-2)21(25)23-13-20(24)28-14-17-8-6-5-7-16(17)12-22/h5-11H,3-4,13-14H2,1-2H3,(H,23,25). The van der Waals surface area contributed by atoms with Gasteiger partial charge in [0.1, 0.15) is 13.2 Å². The normalized spacial score (nSPS) is 9.89. The zero-order chi connectivity index (χ0) is 20.4. The molecule has 0 spiro atoms. The Balaban J connectivity index is 1.91. The summed E-state index contributed by atoms with van der Waals surface area (Å²) in [6.07, 6.45) is 0. The van der Waals surface area contributed by atoms with E-state index in [0.717, 1.165) is 0 Å². The Morgan fingerprint density at radius 1 is 1.04 bits per heavy atom. The Kier molecular flexibility index (Phi) is 7.85. The van der Waals surface area contributed by atoms with Gasteiger partial charge in [-0.05, 0) is 38.1 Å². The minimum atomic E-state index is -0.600. The maximum Gasteiger partial charge on any atom is 0.325 e. The fourth-order valence-corrected chi connectivity index (χ4v) is 2.41. The smallest absolute Gasteiger partial charge is 0.325 e. The van der Waals surface area contributed by atoms with E-state index in [1.54, 1.807) is 42.5 Å². The van der Waals surface area contributed by atoms with Gasteiger partial charge in [-0.15, -0.1) is 0 Å². The van der Waals surface area contributed by atoms with Crippen molar-refractivity contribution in [3.8, 4) is 17.6 Å². The van der Waals surface area contributed by atoms with Gasteiger partial charge in [-0.25, -0.2) is 0 Å². The molecule has 0 unspecified atom stereocenters. The van der Waals surface area contributed by atoms with Crippen LogP contribution >= 0.6 is 0 Å². The molecule has 0 aliphatic rings. The number of esters is 1. The summed E-state index contributed by atoms with van der Waals surface area (Å²) in [6.45, 7) is 4.29. The summed E-state index contributed by atoms with van der Waals surface area (Å²) in [5.74, 6) is -0.0143. The summed E-state index contributed by atoms with van der Waals surface area (Å²) in [6, 6.07) is 13.7. The molecule has 2 aromatic carbocycles. The van der Waals surface area contributed by atoms with Crippen LogP contribution in [0.5, 0.6) is 11.5 Å². The Morgan fingerprint density at radius 3 is 2.46 bits per heavy atom. The number of ether oxygens (including phenoxy) is 3. The Bertz CT molecular complexity index is 873. The SMILES string of the molecule is CCOc1ccc(C(=O)NCC(=O)OCc2ccccc2C#N)cc1OCC. The van der Waals surface area contributed by atoms with Crippen LogP contribution in [0.25, 0.3) is 0 Å². The van der Waals surface area contributed by atoms with Crippen molar-refractivity contribution in [2.45, 2.75) is 20.5 Å². The van der Waals surface area contributed by atoms with Crippen LogP contribution in [0, 0.1) is 11.3 Å². The topological polar surface area (TPSA) is 97.6 Å². The molecular weight excluding hydrogens is 360 g/mol. The molecule has 28 heavy (non-hydrogen) atoms. The monoisotopic (exact) mass is 382 g/mol. The van der Waals surface area contributed by atoms with Crippen LogP contribution in [0.2, 0.25) is 0 Å². The molecule has 146 valence electrons. The van der Waals surface area contributed by atoms with E-state index >= 15 is 0 Å². The van der Waals surface area contributed by atoms with E-state index in [0.29, 0.717) is 41.4 Å². The van der Waals surface area contributed by atoms with E-state index in [9.17, 15) is 9.59 Å². The second-order valence-corrected chi connectivity index (χ2v) is 5.64. The Labute approximate surface area is 163 Å². The second-order valence-electron chi connectivity index (χ2n) is 5.64. The molecule has 0 saturated heterocycles. The molecular formula is C21H22N2O5. The highest BCUT2D eigenvalue weighted by molar-refractivity contribution is 5.96. The van der Waals surface area contributed by atoms with Gasteiger partial charge in [0.05, 0.1) is 24.8 Å². The average molecular weight is 382 g/mol. The lowest BCUT2D eigenvalue weighted by atomic mass is 10.1. The third-order valence-electron chi connectivity index (χ3n) is 3.73. The molecule has 0 aromatic heterocycles. The predicted octanol–water partition coefficient (Wildman–Crippen LogP) is 2.83. The van der Waals surface area contributed by atoms with Gasteiger partial charge in [0.25, 0.3) is 5.91 Å². The molecule has 0 aliphatic carbocycles. The number of benzene rings is 2. The predicted molar refractivity (Wildman–Crippen MR) is 102 cm³/mol. The molecule has 0 fully saturated rings. The summed E-state index contributed by atoms with van der Waals surface area (Å²) in [4.78, 5) is 24.2. The maximum atomic E-state index is 12.3. The molecule has 2 rings (SSSR count). The molecule has 0 bridgehead atoms. The van der Waals surface area contributed by atoms with Gasteiger partial charge in [0, 0.05) is 11.1 Å². The van der Waals surface area contributed by atoms with Crippen molar-refractivity contribution < 1.29 is 23.8 Å². The van der Waals surface area contributed by atoms with Gasteiger partial charge in [0.2, 0.25) is 0 Å². The van der Waals surface area contributed by atoms with Crippen LogP contribution < -0.4 is 14.8 Å². The molecule has 1 N–H and O–H groups in total. The first-order valence-electron chi connectivity index (χ1n) is 8.90. The van der Waals surface area contributed by atoms with Gasteiger partial charge >= 0.3 is 5.97 Å². The molecule has 7 heteroatoms. The molecule has 0 atom stereocenters. The Hall–Kier alpha value is -3.53.